The lowest BCUT2D eigenvalue weighted by Crippen LogP contribution is -2.28. The van der Waals surface area contributed by atoms with Crippen LogP contribution in [0.25, 0.3) is 0 Å². The van der Waals surface area contributed by atoms with E-state index >= 15 is 0 Å². The predicted molar refractivity (Wildman–Crippen MR) is 117 cm³/mol. The van der Waals surface area contributed by atoms with E-state index in [9.17, 15) is 4.79 Å². The van der Waals surface area contributed by atoms with Gasteiger partial charge in [-0.25, -0.2) is 9.69 Å². The van der Waals surface area contributed by atoms with Crippen LogP contribution in [0.5, 0.6) is 5.75 Å². The summed E-state index contributed by atoms with van der Waals surface area (Å²) in [5.41, 5.74) is 2.96. The minimum Gasteiger partial charge on any atom is -0.497 e. The molecule has 0 unspecified atom stereocenters. The molecule has 1 aliphatic carbocycles. The average molecular weight is 435 g/mol. The fourth-order valence-electron chi connectivity index (χ4n) is 3.65. The van der Waals surface area contributed by atoms with Crippen LogP contribution in [0.15, 0.2) is 64.9 Å². The maximum atomic E-state index is 13.2. The highest BCUT2D eigenvalue weighted by atomic mass is 32.2. The van der Waals surface area contributed by atoms with E-state index in [1.807, 2.05) is 59.3 Å². The number of tetrazole rings is 1. The smallest absolute Gasteiger partial charge is 0.253 e. The molecule has 0 radical (unpaired) electrons. The average Bonchev–Trinajstić information content (AvgIpc) is 3.38. The number of amides is 1. The van der Waals surface area contributed by atoms with Crippen molar-refractivity contribution in [2.24, 2.45) is 5.10 Å². The predicted octanol–water partition coefficient (Wildman–Crippen LogP) is 3.49. The Bertz CT molecular complexity index is 1090. The summed E-state index contributed by atoms with van der Waals surface area (Å²) in [7, 11) is 1.64. The lowest BCUT2D eigenvalue weighted by atomic mass is 9.98. The topological polar surface area (TPSA) is 85.5 Å². The minimum atomic E-state index is -0.159. The number of methoxy groups -OCH3 is 1. The molecule has 0 bridgehead atoms. The fraction of sp³-hybridized carbons (Fsp3) is 0.318. The maximum absolute atomic E-state index is 13.2. The van der Waals surface area contributed by atoms with Crippen molar-refractivity contribution in [3.8, 4) is 5.75 Å². The summed E-state index contributed by atoms with van der Waals surface area (Å²) in [6.45, 7) is 0. The summed E-state index contributed by atoms with van der Waals surface area (Å²) in [4.78, 5) is 13.2. The van der Waals surface area contributed by atoms with Gasteiger partial charge in [-0.2, -0.15) is 5.10 Å². The van der Waals surface area contributed by atoms with E-state index in [1.165, 1.54) is 11.8 Å². The normalized spacial score (nSPS) is 18.2. The van der Waals surface area contributed by atoms with Gasteiger partial charge in [0.25, 0.3) is 5.91 Å². The van der Waals surface area contributed by atoms with Crippen LogP contribution in [-0.2, 0) is 4.79 Å². The zero-order valence-corrected chi connectivity index (χ0v) is 17.9. The highest BCUT2D eigenvalue weighted by Gasteiger charge is 2.34. The molecule has 1 amide bonds. The largest absolute Gasteiger partial charge is 0.497 e. The molecule has 3 aromatic rings. The molecule has 5 rings (SSSR count). The van der Waals surface area contributed by atoms with Crippen molar-refractivity contribution in [1.82, 2.24) is 25.2 Å². The lowest BCUT2D eigenvalue weighted by Gasteiger charge is -2.22. The highest BCUT2D eigenvalue weighted by Crippen LogP contribution is 2.37. The first-order valence-electron chi connectivity index (χ1n) is 10.2. The van der Waals surface area contributed by atoms with Crippen LogP contribution in [-0.4, -0.2) is 49.7 Å². The van der Waals surface area contributed by atoms with Crippen LogP contribution in [0.1, 0.15) is 42.5 Å². The lowest BCUT2D eigenvalue weighted by molar-refractivity contribution is -0.130. The van der Waals surface area contributed by atoms with Crippen LogP contribution < -0.4 is 4.74 Å². The number of carbonyl (C=O) groups excluding carboxylic acids is 1. The van der Waals surface area contributed by atoms with Crippen molar-refractivity contribution in [2.75, 3.05) is 12.9 Å². The quantitative estimate of drug-likeness (QED) is 0.529. The fourth-order valence-corrected chi connectivity index (χ4v) is 4.45. The first-order chi connectivity index (χ1) is 15.2. The molecule has 8 nitrogen and oxygen atoms in total. The Morgan fingerprint density at radius 1 is 1.13 bits per heavy atom. The van der Waals surface area contributed by atoms with Gasteiger partial charge in [0.15, 0.2) is 0 Å². The summed E-state index contributed by atoms with van der Waals surface area (Å²) >= 11 is 1.36. The van der Waals surface area contributed by atoms with Crippen molar-refractivity contribution in [1.29, 1.82) is 0 Å². The van der Waals surface area contributed by atoms with Crippen molar-refractivity contribution in [3.63, 3.8) is 0 Å². The van der Waals surface area contributed by atoms with Gasteiger partial charge in [-0.05, 0) is 46.5 Å². The summed E-state index contributed by atoms with van der Waals surface area (Å²) < 4.78 is 7.10. The van der Waals surface area contributed by atoms with Gasteiger partial charge in [0, 0.05) is 6.42 Å². The van der Waals surface area contributed by atoms with Gasteiger partial charge in [-0.15, -0.1) is 5.10 Å². The zero-order chi connectivity index (χ0) is 21.2. The molecule has 0 spiro atoms. The molecule has 1 atom stereocenters. The van der Waals surface area contributed by atoms with E-state index < -0.39 is 0 Å². The second kappa shape index (κ2) is 8.50. The highest BCUT2D eigenvalue weighted by molar-refractivity contribution is 7.99. The van der Waals surface area contributed by atoms with Gasteiger partial charge in [-0.3, -0.25) is 4.79 Å². The Kier molecular flexibility index (Phi) is 5.42. The molecule has 9 heteroatoms. The molecular weight excluding hydrogens is 412 g/mol. The molecule has 1 aliphatic heterocycles. The number of nitrogens with zero attached hydrogens (tertiary/aromatic N) is 6. The number of hydrazone groups is 1. The number of carbonyl (C=O) groups is 1. The van der Waals surface area contributed by atoms with Gasteiger partial charge >= 0.3 is 0 Å². The van der Waals surface area contributed by atoms with Gasteiger partial charge in [-0.1, -0.05) is 54.2 Å². The Hall–Kier alpha value is -3.20. The minimum absolute atomic E-state index is 0.0675. The first kappa shape index (κ1) is 19.7. The van der Waals surface area contributed by atoms with Crippen molar-refractivity contribution < 1.29 is 9.53 Å². The molecule has 2 aromatic carbocycles. The van der Waals surface area contributed by atoms with Crippen molar-refractivity contribution in [3.05, 3.63) is 65.7 Å². The van der Waals surface area contributed by atoms with E-state index in [0.29, 0.717) is 17.6 Å². The first-order valence-corrected chi connectivity index (χ1v) is 11.2. The SMILES string of the molecule is COc1ccc([C@H]2CC(c3ccccc3)=NN2C(=O)CSc2nnnn2C2CC2)cc1. The molecular formula is C22H22N6O2S. The van der Waals surface area contributed by atoms with E-state index in [1.54, 1.807) is 12.1 Å². The van der Waals surface area contributed by atoms with Crippen molar-refractivity contribution >= 4 is 23.4 Å². The molecule has 0 N–H and O–H groups in total. The third-order valence-corrected chi connectivity index (χ3v) is 6.37. The molecule has 0 saturated heterocycles. The Balaban J connectivity index is 1.37. The van der Waals surface area contributed by atoms with E-state index in [0.717, 1.165) is 35.4 Å². The summed E-state index contributed by atoms with van der Waals surface area (Å²) in [6.07, 6.45) is 2.83. The summed E-state index contributed by atoms with van der Waals surface area (Å²) in [6, 6.07) is 18.0. The van der Waals surface area contributed by atoms with E-state index in [2.05, 4.69) is 15.5 Å². The molecule has 31 heavy (non-hydrogen) atoms. The maximum Gasteiger partial charge on any atom is 0.253 e. The standard InChI is InChI=1S/C22H22N6O2S/c1-30-18-11-7-16(8-12-18)20-13-19(15-5-3-2-4-6-15)24-28(20)21(29)14-31-22-23-25-26-27(22)17-9-10-17/h2-8,11-12,17,20H,9-10,13-14H2,1H3/t20-/m1/s1. The number of aromatic nitrogens is 4. The van der Waals surface area contributed by atoms with Crippen LogP contribution in [0, 0.1) is 0 Å². The Morgan fingerprint density at radius 3 is 2.61 bits per heavy atom. The molecule has 158 valence electrons. The number of rotatable bonds is 7. The second-order valence-electron chi connectivity index (χ2n) is 7.57. The molecule has 1 fully saturated rings. The van der Waals surface area contributed by atoms with Crippen LogP contribution >= 0.6 is 11.8 Å². The zero-order valence-electron chi connectivity index (χ0n) is 17.1. The number of ether oxygens (including phenoxy) is 1. The third-order valence-electron chi connectivity index (χ3n) is 5.45. The second-order valence-corrected chi connectivity index (χ2v) is 8.51. The Labute approximate surface area is 184 Å². The van der Waals surface area contributed by atoms with Gasteiger partial charge in [0.2, 0.25) is 5.16 Å². The Morgan fingerprint density at radius 2 is 1.90 bits per heavy atom. The number of hydrogen-bond donors (Lipinski definition) is 0. The molecule has 2 heterocycles. The number of hydrogen-bond acceptors (Lipinski definition) is 7. The summed E-state index contributed by atoms with van der Waals surface area (Å²) in [5, 5.41) is 18.9. The van der Waals surface area contributed by atoms with Gasteiger partial charge in [0.1, 0.15) is 5.75 Å². The summed E-state index contributed by atoms with van der Waals surface area (Å²) in [5.74, 6) is 0.944. The monoisotopic (exact) mass is 434 g/mol. The van der Waals surface area contributed by atoms with E-state index in [-0.39, 0.29) is 17.7 Å². The van der Waals surface area contributed by atoms with Gasteiger partial charge in [0.05, 0.1) is 30.7 Å². The number of benzene rings is 2. The van der Waals surface area contributed by atoms with Gasteiger partial charge < -0.3 is 4.74 Å². The molecule has 1 aromatic heterocycles. The van der Waals surface area contributed by atoms with Crippen LogP contribution in [0.2, 0.25) is 0 Å². The van der Waals surface area contributed by atoms with Crippen molar-refractivity contribution in [2.45, 2.75) is 36.5 Å². The van der Waals surface area contributed by atoms with Crippen LogP contribution in [0.4, 0.5) is 0 Å². The van der Waals surface area contributed by atoms with E-state index in [4.69, 9.17) is 9.84 Å². The molecule has 1 saturated carbocycles. The number of thioether (sulfide) groups is 1. The third kappa shape index (κ3) is 4.18. The van der Waals surface area contributed by atoms with Crippen LogP contribution in [0.3, 0.4) is 0 Å². The molecule has 2 aliphatic rings.